The predicted octanol–water partition coefficient (Wildman–Crippen LogP) is 6.08. The van der Waals surface area contributed by atoms with Crippen molar-refractivity contribution in [3.8, 4) is 5.75 Å². The first-order valence-electron chi connectivity index (χ1n) is 9.60. The van der Waals surface area contributed by atoms with Crippen molar-refractivity contribution >= 4 is 10.8 Å². The summed E-state index contributed by atoms with van der Waals surface area (Å²) in [6.45, 7) is 4.38. The van der Waals surface area contributed by atoms with Gasteiger partial charge in [-0.2, -0.15) is 0 Å². The minimum Gasteiger partial charge on any atom is -0.491 e. The van der Waals surface area contributed by atoms with Crippen molar-refractivity contribution in [3.05, 3.63) is 42.5 Å². The Morgan fingerprint density at radius 3 is 2.42 bits per heavy atom. The number of ether oxygens (including phenoxy) is 1. The molecule has 0 aliphatic heterocycles. The zero-order valence-electron chi connectivity index (χ0n) is 15.3. The van der Waals surface area contributed by atoms with Gasteiger partial charge in [0.15, 0.2) is 0 Å². The largest absolute Gasteiger partial charge is 0.491 e. The molecule has 0 fully saturated rings. The molecule has 0 spiro atoms. The first-order chi connectivity index (χ1) is 11.7. The molecule has 2 aromatic carbocycles. The van der Waals surface area contributed by atoms with E-state index >= 15 is 0 Å². The lowest BCUT2D eigenvalue weighted by atomic mass is 10.0. The van der Waals surface area contributed by atoms with Gasteiger partial charge in [-0.1, -0.05) is 75.8 Å². The van der Waals surface area contributed by atoms with E-state index in [1.165, 1.54) is 49.3 Å². The van der Waals surface area contributed by atoms with Crippen LogP contribution in [0.5, 0.6) is 5.75 Å². The molecule has 132 valence electrons. The van der Waals surface area contributed by atoms with E-state index in [1.807, 2.05) is 0 Å². The molecule has 0 amide bonds. The number of benzene rings is 2. The second-order valence-corrected chi connectivity index (χ2v) is 6.99. The SMILES string of the molecule is CCCCCCCCC(N)CC(C)Oc1ccc2ccccc2c1. The Hall–Kier alpha value is -1.54. The fourth-order valence-electron chi connectivity index (χ4n) is 3.25. The lowest BCUT2D eigenvalue weighted by molar-refractivity contribution is 0.198. The number of hydrogen-bond donors (Lipinski definition) is 1. The van der Waals surface area contributed by atoms with Crippen LogP contribution >= 0.6 is 0 Å². The van der Waals surface area contributed by atoms with Gasteiger partial charge in [-0.3, -0.25) is 0 Å². The maximum absolute atomic E-state index is 6.28. The summed E-state index contributed by atoms with van der Waals surface area (Å²) in [7, 11) is 0. The molecule has 2 nitrogen and oxygen atoms in total. The Kier molecular flexibility index (Phi) is 8.11. The normalized spacial score (nSPS) is 13.8. The van der Waals surface area contributed by atoms with Crippen molar-refractivity contribution in [1.82, 2.24) is 0 Å². The molecule has 0 heterocycles. The van der Waals surface area contributed by atoms with E-state index in [9.17, 15) is 0 Å². The van der Waals surface area contributed by atoms with Crippen molar-refractivity contribution in [2.24, 2.45) is 5.73 Å². The Morgan fingerprint density at radius 1 is 0.917 bits per heavy atom. The van der Waals surface area contributed by atoms with E-state index in [1.54, 1.807) is 0 Å². The van der Waals surface area contributed by atoms with Crippen LogP contribution in [0.4, 0.5) is 0 Å². The highest BCUT2D eigenvalue weighted by atomic mass is 16.5. The average Bonchev–Trinajstić information content (AvgIpc) is 2.57. The number of fused-ring (bicyclic) bond motifs is 1. The topological polar surface area (TPSA) is 35.2 Å². The van der Waals surface area contributed by atoms with Crippen LogP contribution in [0.2, 0.25) is 0 Å². The molecular weight excluding hydrogens is 294 g/mol. The van der Waals surface area contributed by atoms with Crippen LogP contribution in [-0.2, 0) is 0 Å². The molecule has 2 aromatic rings. The second kappa shape index (κ2) is 10.4. The summed E-state index contributed by atoms with van der Waals surface area (Å²) in [5.41, 5.74) is 6.28. The van der Waals surface area contributed by atoms with E-state index in [2.05, 4.69) is 56.3 Å². The fraction of sp³-hybridized carbons (Fsp3) is 0.545. The van der Waals surface area contributed by atoms with Gasteiger partial charge in [0, 0.05) is 6.04 Å². The average molecular weight is 328 g/mol. The first kappa shape index (κ1) is 18.8. The van der Waals surface area contributed by atoms with E-state index in [-0.39, 0.29) is 12.1 Å². The molecule has 2 atom stereocenters. The number of nitrogens with two attached hydrogens (primary N) is 1. The molecule has 2 heteroatoms. The van der Waals surface area contributed by atoms with Crippen molar-refractivity contribution in [3.63, 3.8) is 0 Å². The summed E-state index contributed by atoms with van der Waals surface area (Å²) >= 11 is 0. The van der Waals surface area contributed by atoms with Gasteiger partial charge in [0.25, 0.3) is 0 Å². The van der Waals surface area contributed by atoms with Gasteiger partial charge >= 0.3 is 0 Å². The van der Waals surface area contributed by atoms with E-state index in [4.69, 9.17) is 10.5 Å². The van der Waals surface area contributed by atoms with Gasteiger partial charge < -0.3 is 10.5 Å². The summed E-state index contributed by atoms with van der Waals surface area (Å²) in [4.78, 5) is 0. The van der Waals surface area contributed by atoms with Crippen LogP contribution in [0, 0.1) is 0 Å². The van der Waals surface area contributed by atoms with Crippen LogP contribution in [0.1, 0.15) is 65.2 Å². The monoisotopic (exact) mass is 327 g/mol. The van der Waals surface area contributed by atoms with E-state index < -0.39 is 0 Å². The smallest absolute Gasteiger partial charge is 0.120 e. The second-order valence-electron chi connectivity index (χ2n) is 6.99. The van der Waals surface area contributed by atoms with Crippen LogP contribution in [0.15, 0.2) is 42.5 Å². The van der Waals surface area contributed by atoms with Gasteiger partial charge in [-0.05, 0) is 42.7 Å². The summed E-state index contributed by atoms with van der Waals surface area (Å²) in [6.07, 6.45) is 10.1. The molecule has 0 radical (unpaired) electrons. The zero-order valence-corrected chi connectivity index (χ0v) is 15.3. The third-order valence-corrected chi connectivity index (χ3v) is 4.62. The Labute approximate surface area is 147 Å². The van der Waals surface area contributed by atoms with Gasteiger partial charge in [0.1, 0.15) is 5.75 Å². The molecule has 0 aliphatic rings. The summed E-state index contributed by atoms with van der Waals surface area (Å²) < 4.78 is 6.07. The number of rotatable bonds is 11. The lowest BCUT2D eigenvalue weighted by Crippen LogP contribution is -2.27. The molecule has 0 aliphatic carbocycles. The standard InChI is InChI=1S/C22H33NO/c1-3-4-5-6-7-8-13-21(23)16-18(2)24-22-15-14-19-11-9-10-12-20(19)17-22/h9-12,14-15,17-18,21H,3-8,13,16,23H2,1-2H3. The quantitative estimate of drug-likeness (QED) is 0.508. The highest BCUT2D eigenvalue weighted by Gasteiger charge is 2.11. The Balaban J connectivity index is 1.70. The summed E-state index contributed by atoms with van der Waals surface area (Å²) in [6, 6.07) is 14.9. The Morgan fingerprint density at radius 2 is 1.62 bits per heavy atom. The Bertz CT molecular complexity index is 595. The van der Waals surface area contributed by atoms with E-state index in [0.717, 1.165) is 18.6 Å². The van der Waals surface area contributed by atoms with Gasteiger partial charge in [0.2, 0.25) is 0 Å². The van der Waals surface area contributed by atoms with Crippen molar-refractivity contribution in [2.45, 2.75) is 77.4 Å². The zero-order chi connectivity index (χ0) is 17.2. The highest BCUT2D eigenvalue weighted by Crippen LogP contribution is 2.22. The van der Waals surface area contributed by atoms with Crippen molar-refractivity contribution < 1.29 is 4.74 Å². The molecule has 0 aromatic heterocycles. The lowest BCUT2D eigenvalue weighted by Gasteiger charge is -2.19. The van der Waals surface area contributed by atoms with Gasteiger partial charge in [0.05, 0.1) is 6.10 Å². The van der Waals surface area contributed by atoms with Crippen molar-refractivity contribution in [1.29, 1.82) is 0 Å². The third-order valence-electron chi connectivity index (χ3n) is 4.62. The van der Waals surface area contributed by atoms with Gasteiger partial charge in [-0.15, -0.1) is 0 Å². The molecule has 0 saturated heterocycles. The summed E-state index contributed by atoms with van der Waals surface area (Å²) in [5, 5.41) is 2.47. The van der Waals surface area contributed by atoms with E-state index in [0.29, 0.717) is 0 Å². The predicted molar refractivity (Wildman–Crippen MR) is 105 cm³/mol. The molecule has 24 heavy (non-hydrogen) atoms. The van der Waals surface area contributed by atoms with Crippen LogP contribution in [0.3, 0.4) is 0 Å². The minimum absolute atomic E-state index is 0.154. The molecule has 2 unspecified atom stereocenters. The molecule has 2 rings (SSSR count). The summed E-state index contributed by atoms with van der Waals surface area (Å²) in [5.74, 6) is 0.938. The highest BCUT2D eigenvalue weighted by molar-refractivity contribution is 5.83. The van der Waals surface area contributed by atoms with Crippen molar-refractivity contribution in [2.75, 3.05) is 0 Å². The van der Waals surface area contributed by atoms with Crippen LogP contribution < -0.4 is 10.5 Å². The van der Waals surface area contributed by atoms with Crippen LogP contribution in [0.25, 0.3) is 10.8 Å². The maximum atomic E-state index is 6.28. The minimum atomic E-state index is 0.154. The number of unbranched alkanes of at least 4 members (excludes halogenated alkanes) is 5. The number of hydrogen-bond acceptors (Lipinski definition) is 2. The molecule has 0 bridgehead atoms. The fourth-order valence-corrected chi connectivity index (χ4v) is 3.25. The molecule has 2 N–H and O–H groups in total. The first-order valence-corrected chi connectivity index (χ1v) is 9.60. The molecular formula is C22H33NO. The third kappa shape index (κ3) is 6.52. The molecule has 0 saturated carbocycles. The van der Waals surface area contributed by atoms with Crippen LogP contribution in [-0.4, -0.2) is 12.1 Å². The maximum Gasteiger partial charge on any atom is 0.120 e. The van der Waals surface area contributed by atoms with Gasteiger partial charge in [-0.25, -0.2) is 0 Å².